The van der Waals surface area contributed by atoms with E-state index in [1.807, 2.05) is 24.3 Å². The summed E-state index contributed by atoms with van der Waals surface area (Å²) in [5.41, 5.74) is 8.89. The van der Waals surface area contributed by atoms with Crippen LogP contribution >= 0.6 is 0 Å². The van der Waals surface area contributed by atoms with Crippen molar-refractivity contribution in [3.63, 3.8) is 0 Å². The molecule has 0 bridgehead atoms. The summed E-state index contributed by atoms with van der Waals surface area (Å²) >= 11 is 0. The molecule has 1 atom stereocenters. The summed E-state index contributed by atoms with van der Waals surface area (Å²) in [6.07, 6.45) is 0.699. The first-order chi connectivity index (χ1) is 10.1. The topological polar surface area (TPSA) is 35.2 Å². The Bertz CT molecular complexity index is 598. The largest absolute Gasteiger partial charge is 0.494 e. The van der Waals surface area contributed by atoms with Gasteiger partial charge in [-0.3, -0.25) is 0 Å². The van der Waals surface area contributed by atoms with Crippen LogP contribution in [0.15, 0.2) is 42.5 Å². The van der Waals surface area contributed by atoms with E-state index in [0.717, 1.165) is 5.75 Å². The SMILES string of the molecule is Cc1ccc(OCCC(CN)c2ccccc2F)cc1C. The maximum Gasteiger partial charge on any atom is 0.126 e. The summed E-state index contributed by atoms with van der Waals surface area (Å²) in [5, 5.41) is 0. The molecule has 0 fully saturated rings. The minimum absolute atomic E-state index is 0.0160. The highest BCUT2D eigenvalue weighted by molar-refractivity contribution is 5.33. The van der Waals surface area contributed by atoms with Gasteiger partial charge in [-0.1, -0.05) is 24.3 Å². The Morgan fingerprint density at radius 1 is 1.10 bits per heavy atom. The summed E-state index contributed by atoms with van der Waals surface area (Å²) in [6.45, 7) is 5.07. The molecule has 2 aromatic carbocycles. The van der Waals surface area contributed by atoms with Gasteiger partial charge in [0.05, 0.1) is 6.61 Å². The highest BCUT2D eigenvalue weighted by Crippen LogP contribution is 2.22. The highest BCUT2D eigenvalue weighted by atomic mass is 19.1. The Morgan fingerprint density at radius 2 is 1.86 bits per heavy atom. The molecule has 2 aromatic rings. The molecule has 0 amide bonds. The number of nitrogens with two attached hydrogens (primary N) is 1. The van der Waals surface area contributed by atoms with Gasteiger partial charge in [0.1, 0.15) is 11.6 Å². The van der Waals surface area contributed by atoms with Gasteiger partial charge in [-0.2, -0.15) is 0 Å². The lowest BCUT2D eigenvalue weighted by Crippen LogP contribution is -2.16. The van der Waals surface area contributed by atoms with E-state index < -0.39 is 0 Å². The van der Waals surface area contributed by atoms with Crippen molar-refractivity contribution in [2.45, 2.75) is 26.2 Å². The van der Waals surface area contributed by atoms with Crippen molar-refractivity contribution in [3.05, 3.63) is 65.0 Å². The minimum atomic E-state index is -0.195. The molecule has 3 heteroatoms. The summed E-state index contributed by atoms with van der Waals surface area (Å²) in [6, 6.07) is 12.8. The van der Waals surface area contributed by atoms with Gasteiger partial charge in [0.25, 0.3) is 0 Å². The van der Waals surface area contributed by atoms with Crippen LogP contribution in [0.2, 0.25) is 0 Å². The molecule has 0 saturated carbocycles. The molecule has 1 unspecified atom stereocenters. The molecule has 2 N–H and O–H groups in total. The van der Waals surface area contributed by atoms with Crippen molar-refractivity contribution in [1.82, 2.24) is 0 Å². The molecule has 0 aliphatic carbocycles. The van der Waals surface area contributed by atoms with Crippen LogP contribution in [0.4, 0.5) is 4.39 Å². The van der Waals surface area contributed by atoms with E-state index >= 15 is 0 Å². The van der Waals surface area contributed by atoms with Gasteiger partial charge < -0.3 is 10.5 Å². The van der Waals surface area contributed by atoms with Gasteiger partial charge in [0.2, 0.25) is 0 Å². The van der Waals surface area contributed by atoms with Crippen molar-refractivity contribution in [3.8, 4) is 5.75 Å². The van der Waals surface area contributed by atoms with Crippen LogP contribution in [0.25, 0.3) is 0 Å². The van der Waals surface area contributed by atoms with E-state index in [-0.39, 0.29) is 11.7 Å². The van der Waals surface area contributed by atoms with Gasteiger partial charge in [0.15, 0.2) is 0 Å². The zero-order valence-electron chi connectivity index (χ0n) is 12.6. The first kappa shape index (κ1) is 15.5. The molecule has 0 heterocycles. The lowest BCUT2D eigenvalue weighted by atomic mass is 9.96. The zero-order valence-corrected chi connectivity index (χ0v) is 12.6. The van der Waals surface area contributed by atoms with E-state index in [4.69, 9.17) is 10.5 Å². The number of hydrogen-bond donors (Lipinski definition) is 1. The summed E-state index contributed by atoms with van der Waals surface area (Å²) in [5.74, 6) is 0.638. The van der Waals surface area contributed by atoms with Crippen LogP contribution in [-0.4, -0.2) is 13.2 Å². The maximum absolute atomic E-state index is 13.8. The number of rotatable bonds is 6. The van der Waals surface area contributed by atoms with Crippen molar-refractivity contribution in [2.24, 2.45) is 5.73 Å². The van der Waals surface area contributed by atoms with Crippen molar-refractivity contribution in [1.29, 1.82) is 0 Å². The van der Waals surface area contributed by atoms with Gasteiger partial charge >= 0.3 is 0 Å². The minimum Gasteiger partial charge on any atom is -0.494 e. The van der Waals surface area contributed by atoms with E-state index in [2.05, 4.69) is 13.8 Å². The fraction of sp³-hybridized carbons (Fsp3) is 0.333. The molecule has 0 aliphatic heterocycles. The number of hydrogen-bond acceptors (Lipinski definition) is 2. The molecule has 0 aliphatic rings. The first-order valence-corrected chi connectivity index (χ1v) is 7.26. The molecule has 0 aromatic heterocycles. The molecule has 112 valence electrons. The molecule has 2 rings (SSSR count). The predicted octanol–water partition coefficient (Wildman–Crippen LogP) is 3.95. The number of aryl methyl sites for hydroxylation is 2. The zero-order chi connectivity index (χ0) is 15.2. The van der Waals surface area contributed by atoms with Crippen LogP contribution in [0.3, 0.4) is 0 Å². The Labute approximate surface area is 125 Å². The third-order valence-corrected chi connectivity index (χ3v) is 3.84. The fourth-order valence-electron chi connectivity index (χ4n) is 2.33. The van der Waals surface area contributed by atoms with E-state index in [0.29, 0.717) is 25.1 Å². The molecule has 0 radical (unpaired) electrons. The van der Waals surface area contributed by atoms with Crippen molar-refractivity contribution < 1.29 is 9.13 Å². The number of ether oxygens (including phenoxy) is 1. The fourth-order valence-corrected chi connectivity index (χ4v) is 2.33. The maximum atomic E-state index is 13.8. The monoisotopic (exact) mass is 287 g/mol. The average molecular weight is 287 g/mol. The normalized spacial score (nSPS) is 12.2. The third kappa shape index (κ3) is 4.05. The molecular weight excluding hydrogens is 265 g/mol. The first-order valence-electron chi connectivity index (χ1n) is 7.26. The lowest BCUT2D eigenvalue weighted by molar-refractivity contribution is 0.297. The molecular formula is C18H22FNO. The van der Waals surface area contributed by atoms with E-state index in [9.17, 15) is 4.39 Å². The molecule has 0 saturated heterocycles. The van der Waals surface area contributed by atoms with E-state index in [1.165, 1.54) is 17.2 Å². The summed E-state index contributed by atoms with van der Waals surface area (Å²) in [4.78, 5) is 0. The van der Waals surface area contributed by atoms with Crippen LogP contribution in [-0.2, 0) is 0 Å². The Morgan fingerprint density at radius 3 is 2.52 bits per heavy atom. The highest BCUT2D eigenvalue weighted by Gasteiger charge is 2.14. The van der Waals surface area contributed by atoms with Crippen LogP contribution < -0.4 is 10.5 Å². The van der Waals surface area contributed by atoms with Crippen molar-refractivity contribution in [2.75, 3.05) is 13.2 Å². The van der Waals surface area contributed by atoms with Gasteiger partial charge in [-0.05, 0) is 61.7 Å². The molecule has 0 spiro atoms. The summed E-state index contributed by atoms with van der Waals surface area (Å²) in [7, 11) is 0. The van der Waals surface area contributed by atoms with E-state index in [1.54, 1.807) is 12.1 Å². The quantitative estimate of drug-likeness (QED) is 0.873. The average Bonchev–Trinajstić information content (AvgIpc) is 2.48. The summed E-state index contributed by atoms with van der Waals surface area (Å²) < 4.78 is 19.5. The van der Waals surface area contributed by atoms with Crippen molar-refractivity contribution >= 4 is 0 Å². The number of benzene rings is 2. The van der Waals surface area contributed by atoms with Crippen LogP contribution in [0.5, 0.6) is 5.75 Å². The standard InChI is InChI=1S/C18H22FNO/c1-13-7-8-16(11-14(13)2)21-10-9-15(12-20)17-5-3-4-6-18(17)19/h3-8,11,15H,9-10,12,20H2,1-2H3. The van der Waals surface area contributed by atoms with Gasteiger partial charge in [0, 0.05) is 5.92 Å². The Kier molecular flexibility index (Phi) is 5.34. The Hall–Kier alpha value is -1.87. The number of halogens is 1. The van der Waals surface area contributed by atoms with Crippen LogP contribution in [0, 0.1) is 19.7 Å². The second-order valence-corrected chi connectivity index (χ2v) is 5.34. The smallest absolute Gasteiger partial charge is 0.126 e. The third-order valence-electron chi connectivity index (χ3n) is 3.84. The predicted molar refractivity (Wildman–Crippen MR) is 84.2 cm³/mol. The second kappa shape index (κ2) is 7.23. The second-order valence-electron chi connectivity index (χ2n) is 5.34. The van der Waals surface area contributed by atoms with Crippen LogP contribution in [0.1, 0.15) is 29.0 Å². The molecule has 21 heavy (non-hydrogen) atoms. The molecule has 2 nitrogen and oxygen atoms in total. The Balaban J connectivity index is 1.95. The van der Waals surface area contributed by atoms with Gasteiger partial charge in [-0.15, -0.1) is 0 Å². The van der Waals surface area contributed by atoms with Gasteiger partial charge in [-0.25, -0.2) is 4.39 Å². The lowest BCUT2D eigenvalue weighted by Gasteiger charge is -2.16.